The van der Waals surface area contributed by atoms with Gasteiger partial charge in [0.15, 0.2) is 0 Å². The summed E-state index contributed by atoms with van der Waals surface area (Å²) in [5.74, 6) is -0.802. The highest BCUT2D eigenvalue weighted by Gasteiger charge is 2.31. The lowest BCUT2D eigenvalue weighted by Crippen LogP contribution is -2.38. The number of carbonyl (C=O) groups is 2. The van der Waals surface area contributed by atoms with Gasteiger partial charge in [-0.15, -0.1) is 0 Å². The van der Waals surface area contributed by atoms with Crippen molar-refractivity contribution >= 4 is 21.8 Å². The summed E-state index contributed by atoms with van der Waals surface area (Å²) < 4.78 is 27.2. The van der Waals surface area contributed by atoms with Crippen molar-refractivity contribution < 1.29 is 18.0 Å². The first-order valence-corrected chi connectivity index (χ1v) is 12.1. The number of nitrogens with zero attached hydrogens (tertiary/aromatic N) is 3. The lowest BCUT2D eigenvalue weighted by atomic mass is 9.98. The molecule has 166 valence electrons. The maximum Gasteiger partial charge on any atom is 0.269 e. The monoisotopic (exact) mass is 445 g/mol. The Morgan fingerprint density at radius 3 is 2.32 bits per heavy atom. The minimum absolute atomic E-state index is 0.139. The molecule has 0 aliphatic carbocycles. The van der Waals surface area contributed by atoms with Crippen molar-refractivity contribution in [2.45, 2.75) is 49.5 Å². The minimum atomic E-state index is -3.54. The first kappa shape index (κ1) is 21.5. The molecule has 10 heteroatoms. The molecule has 4 rings (SSSR count). The van der Waals surface area contributed by atoms with Gasteiger partial charge in [-0.3, -0.25) is 14.7 Å². The lowest BCUT2D eigenvalue weighted by molar-refractivity contribution is 0.0606. The number of hydrogen-bond acceptors (Lipinski definition) is 5. The number of carbonyl (C=O) groups excluding carboxylic acids is 2. The number of primary amides is 1. The van der Waals surface area contributed by atoms with Crippen LogP contribution in [0.1, 0.15) is 71.1 Å². The molecule has 1 unspecified atom stereocenters. The molecule has 3 N–H and O–H groups in total. The molecule has 1 aromatic heterocycles. The number of benzene rings is 1. The predicted molar refractivity (Wildman–Crippen MR) is 114 cm³/mol. The largest absolute Gasteiger partial charge is 0.364 e. The van der Waals surface area contributed by atoms with E-state index in [0.717, 1.165) is 38.5 Å². The fraction of sp³-hybridized carbons (Fsp3) is 0.476. The van der Waals surface area contributed by atoms with E-state index in [1.54, 1.807) is 23.1 Å². The molecule has 0 bridgehead atoms. The van der Waals surface area contributed by atoms with E-state index >= 15 is 0 Å². The number of piperidine rings is 2. The maximum atomic E-state index is 13.2. The number of likely N-dealkylation sites (tertiary alicyclic amines) is 1. The summed E-state index contributed by atoms with van der Waals surface area (Å²) in [6.07, 6.45) is 5.36. The zero-order valence-corrected chi connectivity index (χ0v) is 18.1. The second kappa shape index (κ2) is 8.80. The van der Waals surface area contributed by atoms with Crippen LogP contribution in [0.3, 0.4) is 0 Å². The van der Waals surface area contributed by atoms with E-state index in [-0.39, 0.29) is 22.5 Å². The number of nitrogens with one attached hydrogen (secondary N) is 1. The SMILES string of the molecule is NC(=O)c1cc(C2CCCCN2C(=O)c2ccc(S(=O)(=O)N3CCCCC3)cc2)[nH]n1. The van der Waals surface area contributed by atoms with Crippen LogP contribution in [-0.4, -0.2) is 59.3 Å². The number of nitrogens with two attached hydrogens (primary N) is 1. The van der Waals surface area contributed by atoms with Gasteiger partial charge in [0.1, 0.15) is 5.69 Å². The number of hydrogen-bond donors (Lipinski definition) is 2. The van der Waals surface area contributed by atoms with E-state index in [0.29, 0.717) is 30.9 Å². The van der Waals surface area contributed by atoms with E-state index < -0.39 is 15.9 Å². The summed E-state index contributed by atoms with van der Waals surface area (Å²) in [6.45, 7) is 1.65. The second-order valence-electron chi connectivity index (χ2n) is 8.07. The Balaban J connectivity index is 1.54. The first-order valence-electron chi connectivity index (χ1n) is 10.6. The zero-order chi connectivity index (χ0) is 22.0. The summed E-state index contributed by atoms with van der Waals surface area (Å²) >= 11 is 0. The second-order valence-corrected chi connectivity index (χ2v) is 10.0. The molecule has 3 heterocycles. The standard InChI is InChI=1S/C21H27N5O4S/c22-20(27)18-14-17(23-24-18)19-6-2-5-13-26(19)21(28)15-7-9-16(10-8-15)31(29,30)25-11-3-1-4-12-25/h7-10,14,19H,1-6,11-13H2,(H2,22,27)(H,23,24). The number of amides is 2. The first-order chi connectivity index (χ1) is 14.9. The van der Waals surface area contributed by atoms with Crippen molar-refractivity contribution in [1.82, 2.24) is 19.4 Å². The Kier molecular flexibility index (Phi) is 6.10. The molecular formula is C21H27N5O4S. The molecule has 2 fully saturated rings. The average Bonchev–Trinajstić information content (AvgIpc) is 3.30. The normalized spacial score (nSPS) is 20.5. The fourth-order valence-electron chi connectivity index (χ4n) is 4.32. The van der Waals surface area contributed by atoms with Crippen LogP contribution in [0.15, 0.2) is 35.2 Å². The van der Waals surface area contributed by atoms with Crippen LogP contribution in [0.25, 0.3) is 0 Å². The van der Waals surface area contributed by atoms with E-state index in [2.05, 4.69) is 10.2 Å². The average molecular weight is 446 g/mol. The van der Waals surface area contributed by atoms with Crippen LogP contribution in [-0.2, 0) is 10.0 Å². The number of sulfonamides is 1. The molecule has 0 spiro atoms. The van der Waals surface area contributed by atoms with Gasteiger partial charge in [0.2, 0.25) is 10.0 Å². The van der Waals surface area contributed by atoms with Gasteiger partial charge in [0.25, 0.3) is 11.8 Å². The lowest BCUT2D eigenvalue weighted by Gasteiger charge is -2.35. The van der Waals surface area contributed by atoms with Crippen molar-refractivity contribution in [3.63, 3.8) is 0 Å². The fourth-order valence-corrected chi connectivity index (χ4v) is 5.84. The predicted octanol–water partition coefficient (Wildman–Crippen LogP) is 2.05. The molecule has 2 aliphatic rings. The Bertz CT molecular complexity index is 1060. The van der Waals surface area contributed by atoms with Gasteiger partial charge >= 0.3 is 0 Å². The maximum absolute atomic E-state index is 13.2. The van der Waals surface area contributed by atoms with Crippen molar-refractivity contribution in [2.24, 2.45) is 5.73 Å². The Labute approximate surface area is 181 Å². The number of H-pyrrole nitrogens is 1. The Morgan fingerprint density at radius 2 is 1.68 bits per heavy atom. The molecule has 2 aromatic rings. The molecule has 2 aliphatic heterocycles. The van der Waals surface area contributed by atoms with Crippen molar-refractivity contribution in [3.05, 3.63) is 47.3 Å². The molecular weight excluding hydrogens is 418 g/mol. The summed E-state index contributed by atoms with van der Waals surface area (Å²) in [7, 11) is -3.54. The van der Waals surface area contributed by atoms with Crippen LogP contribution in [0.5, 0.6) is 0 Å². The molecule has 31 heavy (non-hydrogen) atoms. The summed E-state index contributed by atoms with van der Waals surface area (Å²) in [6, 6.07) is 7.53. The summed E-state index contributed by atoms with van der Waals surface area (Å²) in [5.41, 5.74) is 6.53. The third kappa shape index (κ3) is 4.35. The molecule has 1 aromatic carbocycles. The molecule has 2 saturated heterocycles. The van der Waals surface area contributed by atoms with Crippen LogP contribution in [0.4, 0.5) is 0 Å². The number of aromatic amines is 1. The van der Waals surface area contributed by atoms with Crippen LogP contribution < -0.4 is 5.73 Å². The van der Waals surface area contributed by atoms with Crippen molar-refractivity contribution in [1.29, 1.82) is 0 Å². The quantitative estimate of drug-likeness (QED) is 0.728. The third-order valence-corrected chi connectivity index (χ3v) is 7.94. The molecule has 1 atom stereocenters. The van der Waals surface area contributed by atoms with Crippen LogP contribution in [0.2, 0.25) is 0 Å². The minimum Gasteiger partial charge on any atom is -0.364 e. The van der Waals surface area contributed by atoms with Gasteiger partial charge in [-0.2, -0.15) is 9.40 Å². The van der Waals surface area contributed by atoms with E-state index in [4.69, 9.17) is 5.73 Å². The molecule has 9 nitrogen and oxygen atoms in total. The summed E-state index contributed by atoms with van der Waals surface area (Å²) in [4.78, 5) is 26.5. The van der Waals surface area contributed by atoms with Crippen molar-refractivity contribution in [2.75, 3.05) is 19.6 Å². The van der Waals surface area contributed by atoms with Gasteiger partial charge in [-0.25, -0.2) is 8.42 Å². The Hall–Kier alpha value is -2.72. The Morgan fingerprint density at radius 1 is 1.00 bits per heavy atom. The highest BCUT2D eigenvalue weighted by molar-refractivity contribution is 7.89. The zero-order valence-electron chi connectivity index (χ0n) is 17.3. The molecule has 0 radical (unpaired) electrons. The highest BCUT2D eigenvalue weighted by Crippen LogP contribution is 2.31. The third-order valence-electron chi connectivity index (χ3n) is 6.03. The van der Waals surface area contributed by atoms with Gasteiger partial charge in [-0.05, 0) is 62.4 Å². The topological polar surface area (TPSA) is 129 Å². The van der Waals surface area contributed by atoms with Crippen molar-refractivity contribution in [3.8, 4) is 0 Å². The van der Waals surface area contributed by atoms with Gasteiger partial charge in [0, 0.05) is 25.2 Å². The number of rotatable bonds is 5. The smallest absolute Gasteiger partial charge is 0.269 e. The van der Waals surface area contributed by atoms with Gasteiger partial charge < -0.3 is 10.6 Å². The summed E-state index contributed by atoms with van der Waals surface area (Å²) in [5, 5.41) is 6.76. The van der Waals surface area contributed by atoms with Gasteiger partial charge in [0.05, 0.1) is 16.6 Å². The highest BCUT2D eigenvalue weighted by atomic mass is 32.2. The molecule has 0 saturated carbocycles. The number of aromatic nitrogens is 2. The van der Waals surface area contributed by atoms with E-state index in [1.807, 2.05) is 0 Å². The van der Waals surface area contributed by atoms with Crippen LogP contribution in [0, 0.1) is 0 Å². The van der Waals surface area contributed by atoms with E-state index in [9.17, 15) is 18.0 Å². The molecule has 2 amide bonds. The van der Waals surface area contributed by atoms with Crippen LogP contribution >= 0.6 is 0 Å². The van der Waals surface area contributed by atoms with E-state index in [1.165, 1.54) is 16.4 Å². The van der Waals surface area contributed by atoms with Gasteiger partial charge in [-0.1, -0.05) is 6.42 Å².